The highest BCUT2D eigenvalue weighted by Gasteiger charge is 2.03. The summed E-state index contributed by atoms with van der Waals surface area (Å²) in [5.41, 5.74) is 1.06. The van der Waals surface area contributed by atoms with Crippen molar-refractivity contribution in [3.8, 4) is 0 Å². The third kappa shape index (κ3) is 4.94. The van der Waals surface area contributed by atoms with Gasteiger partial charge in [0.15, 0.2) is 0 Å². The van der Waals surface area contributed by atoms with Crippen LogP contribution in [0.25, 0.3) is 0 Å². The maximum absolute atomic E-state index is 11.1. The molecule has 0 saturated carbocycles. The molecule has 0 amide bonds. The van der Waals surface area contributed by atoms with E-state index < -0.39 is 0 Å². The Bertz CT molecular complexity index is 178. The van der Waals surface area contributed by atoms with Crippen molar-refractivity contribution in [1.29, 1.82) is 0 Å². The van der Waals surface area contributed by atoms with Crippen LogP contribution in [0.4, 0.5) is 0 Å². The molecule has 0 aromatic rings. The lowest BCUT2D eigenvalue weighted by atomic mass is 10.1. The fraction of sp³-hybridized carbons (Fsp3) is 0.700. The second kappa shape index (κ2) is 4.96. The van der Waals surface area contributed by atoms with Crippen LogP contribution in [0.1, 0.15) is 34.6 Å². The van der Waals surface area contributed by atoms with Gasteiger partial charge in [-0.3, -0.25) is 0 Å². The van der Waals surface area contributed by atoms with Crippen molar-refractivity contribution in [2.45, 2.75) is 40.7 Å². The van der Waals surface area contributed by atoms with E-state index >= 15 is 0 Å². The molecule has 0 unspecified atom stereocenters. The second-order valence-electron chi connectivity index (χ2n) is 3.53. The smallest absolute Gasteiger partial charge is 0.330 e. The molecule has 0 radical (unpaired) electrons. The average Bonchev–Trinajstić information content (AvgIpc) is 1.84. The Morgan fingerprint density at radius 1 is 1.25 bits per heavy atom. The number of hydrogen-bond donors (Lipinski definition) is 0. The Labute approximate surface area is 74.6 Å². The van der Waals surface area contributed by atoms with Crippen LogP contribution < -0.4 is 0 Å². The summed E-state index contributed by atoms with van der Waals surface area (Å²) in [6, 6.07) is 0. The van der Waals surface area contributed by atoms with Gasteiger partial charge in [0.05, 0.1) is 6.10 Å². The number of esters is 1. The molecule has 70 valence electrons. The van der Waals surface area contributed by atoms with E-state index in [2.05, 4.69) is 13.8 Å². The maximum Gasteiger partial charge on any atom is 0.330 e. The number of hydrogen-bond acceptors (Lipinski definition) is 2. The predicted molar refractivity (Wildman–Crippen MR) is 49.8 cm³/mol. The maximum atomic E-state index is 11.1. The lowest BCUT2D eigenvalue weighted by molar-refractivity contribution is -0.141. The third-order valence-corrected chi connectivity index (χ3v) is 1.61. The van der Waals surface area contributed by atoms with E-state index in [0.29, 0.717) is 5.92 Å². The van der Waals surface area contributed by atoms with Crippen LogP contribution in [-0.4, -0.2) is 12.1 Å². The van der Waals surface area contributed by atoms with Gasteiger partial charge in [-0.2, -0.15) is 0 Å². The summed E-state index contributed by atoms with van der Waals surface area (Å²) in [5, 5.41) is 0. The minimum Gasteiger partial charge on any atom is -0.460 e. The Hall–Kier alpha value is -0.790. The molecule has 0 bridgehead atoms. The van der Waals surface area contributed by atoms with Crippen LogP contribution in [0.5, 0.6) is 0 Å². The lowest BCUT2D eigenvalue weighted by Gasteiger charge is -2.07. The molecule has 0 N–H and O–H groups in total. The van der Waals surface area contributed by atoms with Crippen molar-refractivity contribution >= 4 is 5.97 Å². The molecule has 0 atom stereocenters. The first-order chi connectivity index (χ1) is 5.43. The van der Waals surface area contributed by atoms with Gasteiger partial charge >= 0.3 is 5.97 Å². The Morgan fingerprint density at radius 3 is 2.08 bits per heavy atom. The molecule has 0 saturated heterocycles. The standard InChI is InChI=1S/C10H18O2/c1-7(2)9(5)6-10(11)12-8(3)4/h6-8H,1-5H3/b9-6-. The molecule has 0 rings (SSSR count). The number of carbonyl (C=O) groups excluding carboxylic acids is 1. The zero-order chi connectivity index (χ0) is 9.72. The third-order valence-electron chi connectivity index (χ3n) is 1.61. The number of carbonyl (C=O) groups is 1. The van der Waals surface area contributed by atoms with Crippen LogP contribution in [0.15, 0.2) is 11.6 Å². The van der Waals surface area contributed by atoms with Crippen molar-refractivity contribution in [3.63, 3.8) is 0 Å². The summed E-state index contributed by atoms with van der Waals surface area (Å²) in [6.45, 7) is 9.72. The molecular formula is C10H18O2. The molecule has 0 aromatic carbocycles. The Balaban J connectivity index is 4.06. The van der Waals surface area contributed by atoms with E-state index in [4.69, 9.17) is 4.74 Å². The normalized spacial score (nSPS) is 12.4. The first-order valence-corrected chi connectivity index (χ1v) is 4.32. The van der Waals surface area contributed by atoms with Gasteiger partial charge in [0.2, 0.25) is 0 Å². The molecule has 0 aromatic heterocycles. The molecule has 0 fully saturated rings. The molecule has 0 aliphatic carbocycles. The molecule has 0 aliphatic heterocycles. The lowest BCUT2D eigenvalue weighted by Crippen LogP contribution is -2.09. The second-order valence-corrected chi connectivity index (χ2v) is 3.53. The Morgan fingerprint density at radius 2 is 1.75 bits per heavy atom. The van der Waals surface area contributed by atoms with Crippen molar-refractivity contribution in [2.24, 2.45) is 5.92 Å². The SMILES string of the molecule is C/C(=C/C(=O)OC(C)C)C(C)C. The summed E-state index contributed by atoms with van der Waals surface area (Å²) in [7, 11) is 0. The topological polar surface area (TPSA) is 26.3 Å². The van der Waals surface area contributed by atoms with Crippen LogP contribution in [-0.2, 0) is 9.53 Å². The molecule has 12 heavy (non-hydrogen) atoms. The summed E-state index contributed by atoms with van der Waals surface area (Å²) < 4.78 is 4.96. The Kier molecular flexibility index (Phi) is 4.64. The van der Waals surface area contributed by atoms with E-state index in [1.807, 2.05) is 20.8 Å². The number of rotatable bonds is 3. The zero-order valence-corrected chi connectivity index (χ0v) is 8.55. The monoisotopic (exact) mass is 170 g/mol. The van der Waals surface area contributed by atoms with Crippen LogP contribution in [0.2, 0.25) is 0 Å². The minimum absolute atomic E-state index is 0.0336. The van der Waals surface area contributed by atoms with E-state index in [-0.39, 0.29) is 12.1 Å². The number of ether oxygens (including phenoxy) is 1. The van der Waals surface area contributed by atoms with Gasteiger partial charge in [0.25, 0.3) is 0 Å². The average molecular weight is 170 g/mol. The van der Waals surface area contributed by atoms with Crippen molar-refractivity contribution < 1.29 is 9.53 Å². The van der Waals surface area contributed by atoms with Crippen LogP contribution in [0, 0.1) is 5.92 Å². The molecule has 0 aliphatic rings. The fourth-order valence-corrected chi connectivity index (χ4v) is 0.619. The highest BCUT2D eigenvalue weighted by molar-refractivity contribution is 5.82. The number of allylic oxidation sites excluding steroid dienone is 1. The summed E-state index contributed by atoms with van der Waals surface area (Å²) in [6.07, 6.45) is 1.53. The minimum atomic E-state index is -0.240. The van der Waals surface area contributed by atoms with E-state index in [9.17, 15) is 4.79 Å². The van der Waals surface area contributed by atoms with Crippen LogP contribution in [0.3, 0.4) is 0 Å². The van der Waals surface area contributed by atoms with Gasteiger partial charge in [-0.05, 0) is 26.7 Å². The van der Waals surface area contributed by atoms with Crippen LogP contribution >= 0.6 is 0 Å². The molecular weight excluding hydrogens is 152 g/mol. The van der Waals surface area contributed by atoms with Gasteiger partial charge in [-0.1, -0.05) is 19.4 Å². The van der Waals surface area contributed by atoms with Gasteiger partial charge < -0.3 is 4.74 Å². The molecule has 2 heteroatoms. The highest BCUT2D eigenvalue weighted by Crippen LogP contribution is 2.07. The van der Waals surface area contributed by atoms with E-state index in [0.717, 1.165) is 5.57 Å². The van der Waals surface area contributed by atoms with Crippen molar-refractivity contribution in [2.75, 3.05) is 0 Å². The molecule has 0 spiro atoms. The predicted octanol–water partition coefficient (Wildman–Crippen LogP) is 2.54. The first-order valence-electron chi connectivity index (χ1n) is 4.32. The summed E-state index contributed by atoms with van der Waals surface area (Å²) in [4.78, 5) is 11.1. The summed E-state index contributed by atoms with van der Waals surface area (Å²) >= 11 is 0. The van der Waals surface area contributed by atoms with Gasteiger partial charge in [0.1, 0.15) is 0 Å². The highest BCUT2D eigenvalue weighted by atomic mass is 16.5. The molecule has 0 heterocycles. The van der Waals surface area contributed by atoms with E-state index in [1.54, 1.807) is 6.08 Å². The van der Waals surface area contributed by atoms with Crippen molar-refractivity contribution in [1.82, 2.24) is 0 Å². The zero-order valence-electron chi connectivity index (χ0n) is 8.55. The first kappa shape index (κ1) is 11.2. The van der Waals surface area contributed by atoms with Gasteiger partial charge in [-0.25, -0.2) is 4.79 Å². The van der Waals surface area contributed by atoms with Gasteiger partial charge in [-0.15, -0.1) is 0 Å². The molecule has 2 nitrogen and oxygen atoms in total. The fourth-order valence-electron chi connectivity index (χ4n) is 0.619. The van der Waals surface area contributed by atoms with Crippen molar-refractivity contribution in [3.05, 3.63) is 11.6 Å². The van der Waals surface area contributed by atoms with E-state index in [1.165, 1.54) is 0 Å². The summed E-state index contributed by atoms with van der Waals surface area (Å²) in [5.74, 6) is 0.168. The largest absolute Gasteiger partial charge is 0.460 e. The van der Waals surface area contributed by atoms with Gasteiger partial charge in [0, 0.05) is 6.08 Å². The quantitative estimate of drug-likeness (QED) is 0.480.